The summed E-state index contributed by atoms with van der Waals surface area (Å²) in [4.78, 5) is 26.0. The third-order valence-electron chi connectivity index (χ3n) is 5.20. The predicted octanol–water partition coefficient (Wildman–Crippen LogP) is 2.01. The molecule has 1 aliphatic carbocycles. The van der Waals surface area contributed by atoms with Crippen molar-refractivity contribution in [3.8, 4) is 0 Å². The first-order valence-electron chi connectivity index (χ1n) is 8.07. The Kier molecular flexibility index (Phi) is 5.62. The van der Waals surface area contributed by atoms with Crippen LogP contribution in [-0.2, 0) is 14.3 Å². The van der Waals surface area contributed by atoms with Gasteiger partial charge in [-0.2, -0.15) is 0 Å². The SMILES string of the molecule is CCC1CC(C(=O)O)C(C(=O)N2CCC(COC)CC2)C1. The number of amides is 1. The van der Waals surface area contributed by atoms with Crippen LogP contribution in [0.2, 0.25) is 0 Å². The van der Waals surface area contributed by atoms with Crippen molar-refractivity contribution in [1.82, 2.24) is 4.90 Å². The van der Waals surface area contributed by atoms with E-state index in [-0.39, 0.29) is 11.8 Å². The number of hydrogen-bond donors (Lipinski definition) is 1. The summed E-state index contributed by atoms with van der Waals surface area (Å²) < 4.78 is 5.17. The van der Waals surface area contributed by atoms with E-state index in [1.165, 1.54) is 0 Å². The Morgan fingerprint density at radius 3 is 2.29 bits per heavy atom. The van der Waals surface area contributed by atoms with E-state index >= 15 is 0 Å². The number of carbonyl (C=O) groups excluding carboxylic acids is 1. The maximum absolute atomic E-state index is 12.7. The Morgan fingerprint density at radius 1 is 1.14 bits per heavy atom. The second kappa shape index (κ2) is 7.25. The standard InChI is InChI=1S/C16H27NO4/c1-3-11-8-13(14(9-11)16(19)20)15(18)17-6-4-12(5-7-17)10-21-2/h11-14H,3-10H2,1-2H3,(H,19,20). The van der Waals surface area contributed by atoms with Gasteiger partial charge >= 0.3 is 5.97 Å². The van der Waals surface area contributed by atoms with Crippen molar-refractivity contribution in [2.24, 2.45) is 23.7 Å². The monoisotopic (exact) mass is 297 g/mol. The van der Waals surface area contributed by atoms with Gasteiger partial charge in [-0.3, -0.25) is 9.59 Å². The fourth-order valence-electron chi connectivity index (χ4n) is 3.81. The minimum atomic E-state index is -0.807. The van der Waals surface area contributed by atoms with Gasteiger partial charge in [0.2, 0.25) is 5.91 Å². The Hall–Kier alpha value is -1.10. The molecule has 0 spiro atoms. The molecule has 2 rings (SSSR count). The average Bonchev–Trinajstić information content (AvgIpc) is 2.92. The molecule has 3 atom stereocenters. The predicted molar refractivity (Wildman–Crippen MR) is 78.8 cm³/mol. The number of carboxylic acid groups (broad SMARTS) is 1. The van der Waals surface area contributed by atoms with Crippen LogP contribution in [-0.4, -0.2) is 48.7 Å². The van der Waals surface area contributed by atoms with E-state index in [0.717, 1.165) is 45.4 Å². The van der Waals surface area contributed by atoms with E-state index in [1.54, 1.807) is 7.11 Å². The van der Waals surface area contributed by atoms with Crippen LogP contribution in [0.4, 0.5) is 0 Å². The summed E-state index contributed by atoms with van der Waals surface area (Å²) in [5.41, 5.74) is 0. The van der Waals surface area contributed by atoms with E-state index < -0.39 is 11.9 Å². The van der Waals surface area contributed by atoms with Gasteiger partial charge in [-0.25, -0.2) is 0 Å². The first kappa shape index (κ1) is 16.3. The number of likely N-dealkylation sites (tertiary alicyclic amines) is 1. The molecule has 1 saturated carbocycles. The molecule has 2 aliphatic rings. The van der Waals surface area contributed by atoms with E-state index in [4.69, 9.17) is 4.74 Å². The minimum absolute atomic E-state index is 0.0641. The summed E-state index contributed by atoms with van der Waals surface area (Å²) in [6.07, 6.45) is 4.28. The second-order valence-electron chi connectivity index (χ2n) is 6.52. The lowest BCUT2D eigenvalue weighted by Crippen LogP contribution is -2.44. The van der Waals surface area contributed by atoms with Crippen LogP contribution in [0.3, 0.4) is 0 Å². The van der Waals surface area contributed by atoms with Gasteiger partial charge in [0, 0.05) is 26.8 Å². The van der Waals surface area contributed by atoms with Crippen LogP contribution >= 0.6 is 0 Å². The largest absolute Gasteiger partial charge is 0.481 e. The normalized spacial score (nSPS) is 30.6. The fraction of sp³-hybridized carbons (Fsp3) is 0.875. The first-order chi connectivity index (χ1) is 10.1. The number of hydrogen-bond acceptors (Lipinski definition) is 3. The van der Waals surface area contributed by atoms with Crippen molar-refractivity contribution in [3.05, 3.63) is 0 Å². The van der Waals surface area contributed by atoms with Crippen molar-refractivity contribution in [2.45, 2.75) is 39.0 Å². The molecule has 1 N–H and O–H groups in total. The van der Waals surface area contributed by atoms with Gasteiger partial charge in [0.1, 0.15) is 0 Å². The van der Waals surface area contributed by atoms with Gasteiger partial charge in [0.15, 0.2) is 0 Å². The summed E-state index contributed by atoms with van der Waals surface area (Å²) in [6, 6.07) is 0. The number of nitrogens with zero attached hydrogens (tertiary/aromatic N) is 1. The third-order valence-corrected chi connectivity index (χ3v) is 5.20. The molecule has 5 heteroatoms. The lowest BCUT2D eigenvalue weighted by Gasteiger charge is -2.34. The molecule has 0 aromatic heterocycles. The molecule has 5 nitrogen and oxygen atoms in total. The summed E-state index contributed by atoms with van der Waals surface area (Å²) in [5.74, 6) is -0.634. The maximum atomic E-state index is 12.7. The van der Waals surface area contributed by atoms with Crippen molar-refractivity contribution < 1.29 is 19.4 Å². The first-order valence-corrected chi connectivity index (χ1v) is 8.07. The second-order valence-corrected chi connectivity index (χ2v) is 6.52. The molecule has 0 aromatic rings. The smallest absolute Gasteiger partial charge is 0.307 e. The third kappa shape index (κ3) is 3.76. The van der Waals surface area contributed by atoms with Gasteiger partial charge in [-0.1, -0.05) is 13.3 Å². The van der Waals surface area contributed by atoms with Gasteiger partial charge in [-0.05, 0) is 37.5 Å². The molecule has 120 valence electrons. The number of carbonyl (C=O) groups is 2. The molecule has 1 saturated heterocycles. The van der Waals surface area contributed by atoms with Crippen molar-refractivity contribution in [1.29, 1.82) is 0 Å². The quantitative estimate of drug-likeness (QED) is 0.843. The highest BCUT2D eigenvalue weighted by Gasteiger charge is 2.43. The topological polar surface area (TPSA) is 66.8 Å². The molecular formula is C16H27NO4. The molecule has 2 fully saturated rings. The van der Waals surface area contributed by atoms with Crippen molar-refractivity contribution in [2.75, 3.05) is 26.8 Å². The van der Waals surface area contributed by atoms with Crippen LogP contribution < -0.4 is 0 Å². The number of ether oxygens (including phenoxy) is 1. The zero-order valence-electron chi connectivity index (χ0n) is 13.1. The zero-order chi connectivity index (χ0) is 15.4. The Bertz CT molecular complexity index is 376. The lowest BCUT2D eigenvalue weighted by molar-refractivity contribution is -0.149. The fourth-order valence-corrected chi connectivity index (χ4v) is 3.81. The molecule has 1 aliphatic heterocycles. The number of aliphatic carboxylic acids is 1. The van der Waals surface area contributed by atoms with E-state index in [2.05, 4.69) is 6.92 Å². The van der Waals surface area contributed by atoms with E-state index in [0.29, 0.717) is 18.3 Å². The van der Waals surface area contributed by atoms with Crippen molar-refractivity contribution in [3.63, 3.8) is 0 Å². The molecule has 3 unspecified atom stereocenters. The zero-order valence-corrected chi connectivity index (χ0v) is 13.1. The number of rotatable bonds is 5. The van der Waals surface area contributed by atoms with Gasteiger partial charge < -0.3 is 14.7 Å². The number of piperidine rings is 1. The van der Waals surface area contributed by atoms with Crippen LogP contribution in [0.1, 0.15) is 39.0 Å². The van der Waals surface area contributed by atoms with E-state index in [9.17, 15) is 14.7 Å². The molecule has 21 heavy (non-hydrogen) atoms. The molecule has 1 heterocycles. The van der Waals surface area contributed by atoms with E-state index in [1.807, 2.05) is 4.90 Å². The summed E-state index contributed by atoms with van der Waals surface area (Å²) >= 11 is 0. The Balaban J connectivity index is 1.94. The van der Waals surface area contributed by atoms with Crippen LogP contribution in [0.5, 0.6) is 0 Å². The van der Waals surface area contributed by atoms with Crippen LogP contribution in [0.25, 0.3) is 0 Å². The number of carboxylic acids is 1. The maximum Gasteiger partial charge on any atom is 0.307 e. The molecular weight excluding hydrogens is 270 g/mol. The number of methoxy groups -OCH3 is 1. The van der Waals surface area contributed by atoms with Crippen LogP contribution in [0.15, 0.2) is 0 Å². The summed E-state index contributed by atoms with van der Waals surface area (Å²) in [6.45, 7) is 4.31. The molecule has 0 radical (unpaired) electrons. The molecule has 0 bridgehead atoms. The van der Waals surface area contributed by atoms with Crippen LogP contribution in [0, 0.1) is 23.7 Å². The average molecular weight is 297 g/mol. The van der Waals surface area contributed by atoms with Crippen molar-refractivity contribution >= 4 is 11.9 Å². The summed E-state index contributed by atoms with van der Waals surface area (Å²) in [5, 5.41) is 9.37. The van der Waals surface area contributed by atoms with Gasteiger partial charge in [-0.15, -0.1) is 0 Å². The Labute approximate surface area is 126 Å². The molecule has 0 aromatic carbocycles. The highest BCUT2D eigenvalue weighted by atomic mass is 16.5. The highest BCUT2D eigenvalue weighted by molar-refractivity contribution is 5.85. The summed E-state index contributed by atoms with van der Waals surface area (Å²) in [7, 11) is 1.71. The van der Waals surface area contributed by atoms with Gasteiger partial charge in [0.05, 0.1) is 11.8 Å². The minimum Gasteiger partial charge on any atom is -0.481 e. The van der Waals surface area contributed by atoms with Gasteiger partial charge in [0.25, 0.3) is 0 Å². The molecule has 1 amide bonds. The lowest BCUT2D eigenvalue weighted by atomic mass is 9.92. The Morgan fingerprint density at radius 2 is 1.76 bits per heavy atom. The highest BCUT2D eigenvalue weighted by Crippen LogP contribution is 2.39.